The van der Waals surface area contributed by atoms with Crippen LogP contribution in [0.15, 0.2) is 18.5 Å². The molecule has 0 aromatic carbocycles. The molecule has 0 radical (unpaired) electrons. The number of aromatic nitrogens is 1. The molecule has 1 saturated heterocycles. The zero-order valence-corrected chi connectivity index (χ0v) is 10.7. The summed E-state index contributed by atoms with van der Waals surface area (Å²) in [6.07, 6.45) is 10.3. The van der Waals surface area contributed by atoms with Crippen molar-refractivity contribution in [1.82, 2.24) is 4.98 Å². The van der Waals surface area contributed by atoms with Gasteiger partial charge in [0, 0.05) is 19.3 Å². The normalized spacial score (nSPS) is 21.2. The summed E-state index contributed by atoms with van der Waals surface area (Å²) in [5, 5.41) is 0. The monoisotopic (exact) mass is 233 g/mol. The van der Waals surface area contributed by atoms with E-state index in [-0.39, 0.29) is 0 Å². The fourth-order valence-corrected chi connectivity index (χ4v) is 2.74. The number of pyridine rings is 1. The summed E-state index contributed by atoms with van der Waals surface area (Å²) in [6, 6.07) is 2.03. The maximum atomic E-state index is 5.79. The van der Waals surface area contributed by atoms with Crippen LogP contribution in [0.4, 0.5) is 11.4 Å². The Labute approximate surface area is 104 Å². The Hall–Kier alpha value is -1.25. The SMILES string of the molecule is CCCC1CCCN(c2cncc(N)c2)CC1. The zero-order valence-electron chi connectivity index (χ0n) is 10.7. The average molecular weight is 233 g/mol. The van der Waals surface area contributed by atoms with Gasteiger partial charge < -0.3 is 10.6 Å². The number of nitrogens with two attached hydrogens (primary N) is 1. The predicted octanol–water partition coefficient (Wildman–Crippen LogP) is 3.07. The molecular weight excluding hydrogens is 210 g/mol. The van der Waals surface area contributed by atoms with Crippen LogP contribution in [0.3, 0.4) is 0 Å². The molecule has 17 heavy (non-hydrogen) atoms. The van der Waals surface area contributed by atoms with E-state index in [4.69, 9.17) is 5.73 Å². The minimum atomic E-state index is 0.761. The molecule has 1 fully saturated rings. The van der Waals surface area contributed by atoms with Crippen molar-refractivity contribution in [3.8, 4) is 0 Å². The van der Waals surface area contributed by atoms with Crippen LogP contribution < -0.4 is 10.6 Å². The second-order valence-corrected chi connectivity index (χ2v) is 5.05. The second kappa shape index (κ2) is 5.89. The minimum Gasteiger partial charge on any atom is -0.397 e. The quantitative estimate of drug-likeness (QED) is 0.872. The summed E-state index contributed by atoms with van der Waals surface area (Å²) in [5.74, 6) is 0.916. The molecule has 2 N–H and O–H groups in total. The van der Waals surface area contributed by atoms with Gasteiger partial charge in [-0.15, -0.1) is 0 Å². The first-order valence-electron chi connectivity index (χ1n) is 6.75. The van der Waals surface area contributed by atoms with Crippen molar-refractivity contribution >= 4 is 11.4 Å². The lowest BCUT2D eigenvalue weighted by Gasteiger charge is -2.22. The second-order valence-electron chi connectivity index (χ2n) is 5.05. The third-order valence-corrected chi connectivity index (χ3v) is 3.65. The van der Waals surface area contributed by atoms with Gasteiger partial charge in [-0.25, -0.2) is 0 Å². The smallest absolute Gasteiger partial charge is 0.0573 e. The van der Waals surface area contributed by atoms with Crippen LogP contribution in [0.1, 0.15) is 39.0 Å². The van der Waals surface area contributed by atoms with E-state index in [0.29, 0.717) is 0 Å². The van der Waals surface area contributed by atoms with E-state index < -0.39 is 0 Å². The molecule has 0 amide bonds. The highest BCUT2D eigenvalue weighted by Crippen LogP contribution is 2.25. The van der Waals surface area contributed by atoms with E-state index in [0.717, 1.165) is 24.7 Å². The standard InChI is InChI=1S/C14H23N3/c1-2-4-12-5-3-7-17(8-6-12)14-9-13(15)10-16-11-14/h9-12H,2-8,15H2,1H3. The molecule has 1 aromatic heterocycles. The Morgan fingerprint density at radius 3 is 3.00 bits per heavy atom. The molecule has 1 unspecified atom stereocenters. The summed E-state index contributed by atoms with van der Waals surface area (Å²) in [6.45, 7) is 4.58. The highest BCUT2D eigenvalue weighted by molar-refractivity contribution is 5.53. The van der Waals surface area contributed by atoms with Gasteiger partial charge >= 0.3 is 0 Å². The van der Waals surface area contributed by atoms with Gasteiger partial charge in [0.25, 0.3) is 0 Å². The van der Waals surface area contributed by atoms with Gasteiger partial charge in [0.15, 0.2) is 0 Å². The minimum absolute atomic E-state index is 0.761. The summed E-state index contributed by atoms with van der Waals surface area (Å²) < 4.78 is 0. The van der Waals surface area contributed by atoms with Gasteiger partial charge in [0.05, 0.1) is 17.6 Å². The van der Waals surface area contributed by atoms with E-state index in [9.17, 15) is 0 Å². The first-order chi connectivity index (χ1) is 8.29. The molecule has 2 heterocycles. The Morgan fingerprint density at radius 1 is 1.35 bits per heavy atom. The number of hydrogen-bond acceptors (Lipinski definition) is 3. The number of nitrogen functional groups attached to an aromatic ring is 1. The molecule has 0 saturated carbocycles. The molecule has 94 valence electrons. The topological polar surface area (TPSA) is 42.2 Å². The molecule has 1 aliphatic heterocycles. The number of anilines is 2. The Bertz CT molecular complexity index is 351. The van der Waals surface area contributed by atoms with Crippen molar-refractivity contribution in [2.45, 2.75) is 39.0 Å². The lowest BCUT2D eigenvalue weighted by molar-refractivity contribution is 0.435. The fourth-order valence-electron chi connectivity index (χ4n) is 2.74. The molecule has 0 bridgehead atoms. The lowest BCUT2D eigenvalue weighted by atomic mass is 9.96. The summed E-state index contributed by atoms with van der Waals surface area (Å²) >= 11 is 0. The van der Waals surface area contributed by atoms with Crippen molar-refractivity contribution in [2.24, 2.45) is 5.92 Å². The van der Waals surface area contributed by atoms with Crippen molar-refractivity contribution in [2.75, 3.05) is 23.7 Å². The summed E-state index contributed by atoms with van der Waals surface area (Å²) in [5.41, 5.74) is 7.73. The maximum Gasteiger partial charge on any atom is 0.0573 e. The van der Waals surface area contributed by atoms with Crippen LogP contribution in [0.2, 0.25) is 0 Å². The largest absolute Gasteiger partial charge is 0.397 e. The van der Waals surface area contributed by atoms with E-state index in [1.54, 1.807) is 6.20 Å². The number of nitrogens with zero attached hydrogens (tertiary/aromatic N) is 2. The average Bonchev–Trinajstić information content (AvgIpc) is 2.55. The molecule has 3 nitrogen and oxygen atoms in total. The fraction of sp³-hybridized carbons (Fsp3) is 0.643. The van der Waals surface area contributed by atoms with Gasteiger partial charge in [-0.2, -0.15) is 0 Å². The number of rotatable bonds is 3. The van der Waals surface area contributed by atoms with Crippen LogP contribution >= 0.6 is 0 Å². The molecule has 3 heteroatoms. The molecule has 0 spiro atoms. The first-order valence-corrected chi connectivity index (χ1v) is 6.75. The van der Waals surface area contributed by atoms with Crippen LogP contribution in [-0.4, -0.2) is 18.1 Å². The third kappa shape index (κ3) is 3.35. The molecular formula is C14H23N3. The van der Waals surface area contributed by atoms with Gasteiger partial charge in [-0.05, 0) is 31.2 Å². The van der Waals surface area contributed by atoms with Crippen LogP contribution in [-0.2, 0) is 0 Å². The molecule has 2 rings (SSSR count). The molecule has 1 aromatic rings. The first kappa shape index (κ1) is 12.2. The summed E-state index contributed by atoms with van der Waals surface area (Å²) in [4.78, 5) is 6.61. The Kier molecular flexibility index (Phi) is 4.24. The van der Waals surface area contributed by atoms with Crippen molar-refractivity contribution < 1.29 is 0 Å². The van der Waals surface area contributed by atoms with E-state index in [1.807, 2.05) is 12.3 Å². The Morgan fingerprint density at radius 2 is 2.24 bits per heavy atom. The molecule has 1 atom stereocenters. The Balaban J connectivity index is 1.99. The highest BCUT2D eigenvalue weighted by Gasteiger charge is 2.16. The lowest BCUT2D eigenvalue weighted by Crippen LogP contribution is -2.24. The van der Waals surface area contributed by atoms with Crippen molar-refractivity contribution in [1.29, 1.82) is 0 Å². The van der Waals surface area contributed by atoms with Crippen LogP contribution in [0, 0.1) is 5.92 Å². The zero-order chi connectivity index (χ0) is 12.1. The van der Waals surface area contributed by atoms with Gasteiger partial charge in [0.2, 0.25) is 0 Å². The molecule has 1 aliphatic rings. The van der Waals surface area contributed by atoms with E-state index in [2.05, 4.69) is 16.8 Å². The van der Waals surface area contributed by atoms with Gasteiger partial charge in [-0.1, -0.05) is 19.8 Å². The van der Waals surface area contributed by atoms with Crippen molar-refractivity contribution in [3.05, 3.63) is 18.5 Å². The maximum absolute atomic E-state index is 5.79. The molecule has 0 aliphatic carbocycles. The third-order valence-electron chi connectivity index (χ3n) is 3.65. The van der Waals surface area contributed by atoms with Crippen LogP contribution in [0.25, 0.3) is 0 Å². The predicted molar refractivity (Wildman–Crippen MR) is 73.1 cm³/mol. The highest BCUT2D eigenvalue weighted by atomic mass is 15.1. The van der Waals surface area contributed by atoms with Crippen molar-refractivity contribution in [3.63, 3.8) is 0 Å². The van der Waals surface area contributed by atoms with E-state index >= 15 is 0 Å². The number of hydrogen-bond donors (Lipinski definition) is 1. The van der Waals surface area contributed by atoms with Crippen LogP contribution in [0.5, 0.6) is 0 Å². The van der Waals surface area contributed by atoms with E-state index in [1.165, 1.54) is 37.8 Å². The summed E-state index contributed by atoms with van der Waals surface area (Å²) in [7, 11) is 0. The van der Waals surface area contributed by atoms with Gasteiger partial charge in [-0.3, -0.25) is 4.98 Å². The van der Waals surface area contributed by atoms with Gasteiger partial charge in [0.1, 0.15) is 0 Å².